The summed E-state index contributed by atoms with van der Waals surface area (Å²) in [5, 5.41) is 4.15. The van der Waals surface area contributed by atoms with Gasteiger partial charge in [-0.2, -0.15) is 5.10 Å². The third kappa shape index (κ3) is 0.913. The van der Waals surface area contributed by atoms with Gasteiger partial charge in [-0.1, -0.05) is 0 Å². The highest BCUT2D eigenvalue weighted by molar-refractivity contribution is 5.83. The van der Waals surface area contributed by atoms with Crippen LogP contribution < -0.4 is 0 Å². The molecule has 0 saturated carbocycles. The van der Waals surface area contributed by atoms with Gasteiger partial charge in [0, 0.05) is 26.2 Å². The fraction of sp³-hybridized carbons (Fsp3) is 0.500. The van der Waals surface area contributed by atoms with E-state index in [0.29, 0.717) is 0 Å². The van der Waals surface area contributed by atoms with Crippen LogP contribution in [-0.4, -0.2) is 27.6 Å². The first-order valence-corrected chi connectivity index (χ1v) is 3.96. The van der Waals surface area contributed by atoms with Crippen molar-refractivity contribution in [1.29, 1.82) is 0 Å². The summed E-state index contributed by atoms with van der Waals surface area (Å²) in [6, 6.07) is 0. The summed E-state index contributed by atoms with van der Waals surface area (Å²) in [6.07, 6.45) is 1.88. The summed E-state index contributed by atoms with van der Waals surface area (Å²) >= 11 is 0. The highest BCUT2D eigenvalue weighted by atomic mass is 15.3. The molecule has 2 rings (SSSR count). The van der Waals surface area contributed by atoms with Gasteiger partial charge in [-0.05, 0) is 6.92 Å². The molecule has 4 heteroatoms. The summed E-state index contributed by atoms with van der Waals surface area (Å²) < 4.78 is 1.81. The molecule has 64 valence electrons. The van der Waals surface area contributed by atoms with Crippen molar-refractivity contribution >= 4 is 11.7 Å². The molecule has 0 bridgehead atoms. The summed E-state index contributed by atoms with van der Waals surface area (Å²) in [4.78, 5) is 6.54. The van der Waals surface area contributed by atoms with Crippen LogP contribution in [0.15, 0.2) is 11.2 Å². The van der Waals surface area contributed by atoms with Gasteiger partial charge in [-0.25, -0.2) is 4.99 Å². The maximum absolute atomic E-state index is 4.43. The number of nitrogens with zero attached hydrogens (tertiary/aromatic N) is 4. The molecule has 0 amide bonds. The Morgan fingerprint density at radius 1 is 1.42 bits per heavy atom. The molecule has 0 N–H and O–H groups in total. The predicted molar refractivity (Wildman–Crippen MR) is 47.4 cm³/mol. The molecule has 2 heterocycles. The molecule has 0 spiro atoms. The van der Waals surface area contributed by atoms with Crippen LogP contribution in [-0.2, 0) is 13.6 Å². The monoisotopic (exact) mass is 164 g/mol. The highest BCUT2D eigenvalue weighted by Gasteiger charge is 2.16. The van der Waals surface area contributed by atoms with E-state index in [1.165, 1.54) is 5.56 Å². The normalized spacial score (nSPS) is 15.9. The van der Waals surface area contributed by atoms with E-state index < -0.39 is 0 Å². The van der Waals surface area contributed by atoms with Crippen molar-refractivity contribution < 1.29 is 0 Å². The first-order valence-electron chi connectivity index (χ1n) is 3.96. The van der Waals surface area contributed by atoms with Crippen LogP contribution >= 0.6 is 0 Å². The molecular formula is C8H12N4. The number of hydrogen-bond acceptors (Lipinski definition) is 3. The Hall–Kier alpha value is -1.32. The topological polar surface area (TPSA) is 33.4 Å². The lowest BCUT2D eigenvalue weighted by molar-refractivity contribution is 0.489. The molecule has 1 aliphatic rings. The Morgan fingerprint density at radius 2 is 2.17 bits per heavy atom. The number of amidine groups is 1. The maximum atomic E-state index is 4.43. The van der Waals surface area contributed by atoms with Crippen LogP contribution in [0.5, 0.6) is 0 Å². The molecule has 4 nitrogen and oxygen atoms in total. The van der Waals surface area contributed by atoms with Crippen molar-refractivity contribution in [2.24, 2.45) is 12.0 Å². The van der Waals surface area contributed by atoms with E-state index in [0.717, 1.165) is 18.2 Å². The second-order valence-corrected chi connectivity index (χ2v) is 3.13. The van der Waals surface area contributed by atoms with Crippen LogP contribution in [0.1, 0.15) is 12.5 Å². The van der Waals surface area contributed by atoms with Crippen LogP contribution in [0.3, 0.4) is 0 Å². The van der Waals surface area contributed by atoms with Crippen LogP contribution in [0.4, 0.5) is 5.82 Å². The zero-order valence-electron chi connectivity index (χ0n) is 7.57. The van der Waals surface area contributed by atoms with Gasteiger partial charge < -0.3 is 4.90 Å². The van der Waals surface area contributed by atoms with Crippen molar-refractivity contribution in [1.82, 2.24) is 14.7 Å². The van der Waals surface area contributed by atoms with Crippen molar-refractivity contribution in [3.63, 3.8) is 0 Å². The van der Waals surface area contributed by atoms with Gasteiger partial charge in [0.1, 0.15) is 5.84 Å². The summed E-state index contributed by atoms with van der Waals surface area (Å²) in [5.74, 6) is 2.04. The number of rotatable bonds is 0. The van der Waals surface area contributed by atoms with Crippen molar-refractivity contribution in [3.05, 3.63) is 11.8 Å². The number of aliphatic imine (C=N–C) groups is 1. The Labute approximate surface area is 71.5 Å². The van der Waals surface area contributed by atoms with E-state index in [1.54, 1.807) is 0 Å². The average molecular weight is 164 g/mol. The molecule has 0 unspecified atom stereocenters. The Bertz CT molecular complexity index is 337. The maximum Gasteiger partial charge on any atom is 0.157 e. The molecule has 0 aliphatic carbocycles. The Kier molecular flexibility index (Phi) is 1.43. The molecule has 0 aromatic carbocycles. The van der Waals surface area contributed by atoms with Crippen LogP contribution in [0.25, 0.3) is 0 Å². The predicted octanol–water partition coefficient (Wildman–Crippen LogP) is 0.915. The van der Waals surface area contributed by atoms with Gasteiger partial charge in [0.2, 0.25) is 0 Å². The van der Waals surface area contributed by atoms with E-state index in [1.807, 2.05) is 31.9 Å². The van der Waals surface area contributed by atoms with E-state index in [9.17, 15) is 0 Å². The van der Waals surface area contributed by atoms with Crippen molar-refractivity contribution in [2.75, 3.05) is 7.05 Å². The van der Waals surface area contributed by atoms with Crippen molar-refractivity contribution in [3.8, 4) is 0 Å². The summed E-state index contributed by atoms with van der Waals surface area (Å²) in [5.41, 5.74) is 1.20. The SMILES string of the molecule is CC1=Nc2c(cnn2C)CN1C. The van der Waals surface area contributed by atoms with Crippen LogP contribution in [0, 0.1) is 0 Å². The molecule has 0 saturated heterocycles. The van der Waals surface area contributed by atoms with E-state index in [2.05, 4.69) is 15.0 Å². The number of aromatic nitrogens is 2. The van der Waals surface area contributed by atoms with E-state index >= 15 is 0 Å². The molecule has 0 radical (unpaired) electrons. The van der Waals surface area contributed by atoms with E-state index in [4.69, 9.17) is 0 Å². The molecular weight excluding hydrogens is 152 g/mol. The second kappa shape index (κ2) is 2.33. The first kappa shape index (κ1) is 7.34. The smallest absolute Gasteiger partial charge is 0.157 e. The lowest BCUT2D eigenvalue weighted by Gasteiger charge is -2.22. The van der Waals surface area contributed by atoms with Crippen LogP contribution in [0.2, 0.25) is 0 Å². The average Bonchev–Trinajstić information content (AvgIpc) is 2.35. The second-order valence-electron chi connectivity index (χ2n) is 3.13. The minimum atomic E-state index is 0.915. The third-order valence-electron chi connectivity index (χ3n) is 2.21. The van der Waals surface area contributed by atoms with Gasteiger partial charge in [-0.15, -0.1) is 0 Å². The number of fused-ring (bicyclic) bond motifs is 1. The Morgan fingerprint density at radius 3 is 2.92 bits per heavy atom. The number of aryl methyl sites for hydroxylation is 1. The van der Waals surface area contributed by atoms with Gasteiger partial charge in [0.15, 0.2) is 5.82 Å². The highest BCUT2D eigenvalue weighted by Crippen LogP contribution is 2.23. The van der Waals surface area contributed by atoms with Gasteiger partial charge in [0.05, 0.1) is 6.20 Å². The summed E-state index contributed by atoms with van der Waals surface area (Å²) in [6.45, 7) is 2.93. The van der Waals surface area contributed by atoms with Gasteiger partial charge in [-0.3, -0.25) is 4.68 Å². The lowest BCUT2D eigenvalue weighted by atomic mass is 10.2. The molecule has 0 fully saturated rings. The molecule has 1 aromatic rings. The van der Waals surface area contributed by atoms with Crippen molar-refractivity contribution in [2.45, 2.75) is 13.5 Å². The molecule has 1 aromatic heterocycles. The fourth-order valence-electron chi connectivity index (χ4n) is 1.34. The quantitative estimate of drug-likeness (QED) is 0.571. The lowest BCUT2D eigenvalue weighted by Crippen LogP contribution is -2.26. The minimum absolute atomic E-state index is 0.915. The molecule has 12 heavy (non-hydrogen) atoms. The summed E-state index contributed by atoms with van der Waals surface area (Å²) in [7, 11) is 3.95. The fourth-order valence-corrected chi connectivity index (χ4v) is 1.34. The zero-order valence-corrected chi connectivity index (χ0v) is 7.57. The zero-order chi connectivity index (χ0) is 8.72. The minimum Gasteiger partial charge on any atom is -0.359 e. The molecule has 0 atom stereocenters. The Balaban J connectivity index is 2.52. The van der Waals surface area contributed by atoms with Gasteiger partial charge >= 0.3 is 0 Å². The molecule has 1 aliphatic heterocycles. The standard InChI is InChI=1S/C8H12N4/c1-6-10-8-7(5-11(6)2)4-9-12(8)3/h4H,5H2,1-3H3. The van der Waals surface area contributed by atoms with Gasteiger partial charge in [0.25, 0.3) is 0 Å². The largest absolute Gasteiger partial charge is 0.359 e. The van der Waals surface area contributed by atoms with E-state index in [-0.39, 0.29) is 0 Å². The number of hydrogen-bond donors (Lipinski definition) is 0. The third-order valence-corrected chi connectivity index (χ3v) is 2.21. The first-order chi connectivity index (χ1) is 5.68.